The highest BCUT2D eigenvalue weighted by Gasteiger charge is 2.28. The number of ether oxygens (including phenoxy) is 1. The van der Waals surface area contributed by atoms with Gasteiger partial charge in [0, 0.05) is 0 Å². The smallest absolute Gasteiger partial charge is 0.319 e. The van der Waals surface area contributed by atoms with E-state index in [-0.39, 0.29) is 5.75 Å². The largest absolute Gasteiger partial charge is 0.480 e. The van der Waals surface area contributed by atoms with Gasteiger partial charge in [0.1, 0.15) is 4.75 Å². The van der Waals surface area contributed by atoms with E-state index in [1.165, 1.54) is 7.11 Å². The Kier molecular flexibility index (Phi) is 4.09. The molecule has 0 aromatic carbocycles. The summed E-state index contributed by atoms with van der Waals surface area (Å²) in [4.78, 5) is 21.2. The Morgan fingerprint density at radius 1 is 1.50 bits per heavy atom. The predicted octanol–water partition coefficient (Wildman–Crippen LogP) is 0.756. The van der Waals surface area contributed by atoms with Gasteiger partial charge in [-0.1, -0.05) is 0 Å². The molecular weight excluding hydrogens is 180 g/mol. The Labute approximate surface area is 75.3 Å². The van der Waals surface area contributed by atoms with Crippen molar-refractivity contribution in [1.29, 1.82) is 0 Å². The van der Waals surface area contributed by atoms with Crippen LogP contribution < -0.4 is 0 Å². The standard InChI is InChI=1S/C7H12O4S/c1-7(2,6(9)10)12-4-5(8)11-3/h4H2,1-3H3,(H,9,10). The van der Waals surface area contributed by atoms with E-state index in [9.17, 15) is 9.59 Å². The van der Waals surface area contributed by atoms with Gasteiger partial charge in [-0.05, 0) is 13.8 Å². The third-order valence-corrected chi connectivity index (χ3v) is 2.57. The highest BCUT2D eigenvalue weighted by molar-refractivity contribution is 8.01. The van der Waals surface area contributed by atoms with E-state index in [1.807, 2.05) is 0 Å². The number of esters is 1. The first-order valence-electron chi connectivity index (χ1n) is 3.34. The molecular formula is C7H12O4S. The molecule has 0 unspecified atom stereocenters. The van der Waals surface area contributed by atoms with Gasteiger partial charge in [-0.25, -0.2) is 0 Å². The maximum absolute atomic E-state index is 10.6. The first-order chi connectivity index (χ1) is 5.40. The lowest BCUT2D eigenvalue weighted by molar-refractivity contribution is -0.138. The van der Waals surface area contributed by atoms with Crippen LogP contribution in [0.15, 0.2) is 0 Å². The second kappa shape index (κ2) is 4.35. The Morgan fingerprint density at radius 2 is 2.00 bits per heavy atom. The summed E-state index contributed by atoms with van der Waals surface area (Å²) >= 11 is 1.05. The maximum Gasteiger partial charge on any atom is 0.319 e. The average molecular weight is 192 g/mol. The zero-order chi connectivity index (χ0) is 9.78. The van der Waals surface area contributed by atoms with Crippen LogP contribution in [0.2, 0.25) is 0 Å². The molecule has 0 rings (SSSR count). The first kappa shape index (κ1) is 11.3. The number of thioether (sulfide) groups is 1. The number of carbonyl (C=O) groups is 2. The summed E-state index contributed by atoms with van der Waals surface area (Å²) in [5.74, 6) is -1.28. The molecule has 0 aromatic heterocycles. The van der Waals surface area contributed by atoms with E-state index >= 15 is 0 Å². The molecule has 1 N–H and O–H groups in total. The van der Waals surface area contributed by atoms with Gasteiger partial charge in [0.05, 0.1) is 12.9 Å². The summed E-state index contributed by atoms with van der Waals surface area (Å²) in [5.41, 5.74) is 0. The topological polar surface area (TPSA) is 63.6 Å². The number of rotatable bonds is 4. The molecule has 0 aliphatic heterocycles. The van der Waals surface area contributed by atoms with Crippen molar-refractivity contribution in [3.05, 3.63) is 0 Å². The highest BCUT2D eigenvalue weighted by atomic mass is 32.2. The van der Waals surface area contributed by atoms with Crippen LogP contribution >= 0.6 is 11.8 Å². The minimum absolute atomic E-state index is 0.0653. The predicted molar refractivity (Wildman–Crippen MR) is 46.2 cm³/mol. The van der Waals surface area contributed by atoms with Crippen LogP contribution in [0.1, 0.15) is 13.8 Å². The van der Waals surface area contributed by atoms with Gasteiger partial charge in [-0.15, -0.1) is 11.8 Å². The van der Waals surface area contributed by atoms with Crippen LogP contribution in [0, 0.1) is 0 Å². The molecule has 0 aliphatic carbocycles. The summed E-state index contributed by atoms with van der Waals surface area (Å²) in [6.45, 7) is 3.09. The molecule has 0 aliphatic rings. The highest BCUT2D eigenvalue weighted by Crippen LogP contribution is 2.24. The lowest BCUT2D eigenvalue weighted by Gasteiger charge is -2.16. The molecule has 0 amide bonds. The van der Waals surface area contributed by atoms with Crippen molar-refractivity contribution in [2.24, 2.45) is 0 Å². The Hall–Kier alpha value is -0.710. The van der Waals surface area contributed by atoms with Gasteiger partial charge in [0.15, 0.2) is 0 Å². The van der Waals surface area contributed by atoms with Crippen molar-refractivity contribution in [2.45, 2.75) is 18.6 Å². The van der Waals surface area contributed by atoms with Crippen molar-refractivity contribution in [2.75, 3.05) is 12.9 Å². The summed E-state index contributed by atoms with van der Waals surface area (Å²) < 4.78 is 3.44. The lowest BCUT2D eigenvalue weighted by atomic mass is 10.2. The Morgan fingerprint density at radius 3 is 2.33 bits per heavy atom. The Bertz CT molecular complexity index is 188. The average Bonchev–Trinajstić information content (AvgIpc) is 2.00. The van der Waals surface area contributed by atoms with Crippen LogP contribution in [0.4, 0.5) is 0 Å². The molecule has 0 saturated heterocycles. The summed E-state index contributed by atoms with van der Waals surface area (Å²) in [5, 5.41) is 8.65. The molecule has 0 aromatic rings. The SMILES string of the molecule is COC(=O)CSC(C)(C)C(=O)O. The summed E-state index contributed by atoms with van der Waals surface area (Å²) in [6.07, 6.45) is 0. The second-order valence-corrected chi connectivity index (χ2v) is 4.28. The normalized spacial score (nSPS) is 10.9. The van der Waals surface area contributed by atoms with Crippen LogP contribution in [0.5, 0.6) is 0 Å². The van der Waals surface area contributed by atoms with Crippen molar-refractivity contribution in [3.8, 4) is 0 Å². The summed E-state index contributed by atoms with van der Waals surface area (Å²) in [6, 6.07) is 0. The number of carbonyl (C=O) groups excluding carboxylic acids is 1. The minimum atomic E-state index is -0.936. The fourth-order valence-electron chi connectivity index (χ4n) is 0.360. The zero-order valence-electron chi connectivity index (χ0n) is 7.29. The van der Waals surface area contributed by atoms with Crippen LogP contribution in [0.3, 0.4) is 0 Å². The molecule has 5 heteroatoms. The second-order valence-electron chi connectivity index (χ2n) is 2.68. The number of hydrogen-bond donors (Lipinski definition) is 1. The molecule has 0 fully saturated rings. The van der Waals surface area contributed by atoms with Crippen molar-refractivity contribution in [1.82, 2.24) is 0 Å². The van der Waals surface area contributed by atoms with E-state index in [2.05, 4.69) is 4.74 Å². The third kappa shape index (κ3) is 3.61. The van der Waals surface area contributed by atoms with Gasteiger partial charge in [0.25, 0.3) is 0 Å². The van der Waals surface area contributed by atoms with Crippen LogP contribution in [0.25, 0.3) is 0 Å². The molecule has 0 heterocycles. The van der Waals surface area contributed by atoms with E-state index in [0.717, 1.165) is 11.8 Å². The quantitative estimate of drug-likeness (QED) is 0.666. The monoisotopic (exact) mass is 192 g/mol. The van der Waals surface area contributed by atoms with E-state index in [1.54, 1.807) is 13.8 Å². The fourth-order valence-corrected chi connectivity index (χ4v) is 1.08. The van der Waals surface area contributed by atoms with Gasteiger partial charge in [0.2, 0.25) is 0 Å². The number of carboxylic acid groups (broad SMARTS) is 1. The van der Waals surface area contributed by atoms with Gasteiger partial charge in [-0.3, -0.25) is 9.59 Å². The number of aliphatic carboxylic acids is 1. The molecule has 0 spiro atoms. The maximum atomic E-state index is 10.6. The van der Waals surface area contributed by atoms with E-state index in [4.69, 9.17) is 5.11 Å². The van der Waals surface area contributed by atoms with E-state index in [0.29, 0.717) is 0 Å². The van der Waals surface area contributed by atoms with Crippen molar-refractivity contribution in [3.63, 3.8) is 0 Å². The molecule has 0 bridgehead atoms. The number of hydrogen-bond acceptors (Lipinski definition) is 4. The van der Waals surface area contributed by atoms with Crippen LogP contribution in [-0.4, -0.2) is 34.7 Å². The minimum Gasteiger partial charge on any atom is -0.480 e. The Balaban J connectivity index is 3.92. The molecule has 70 valence electrons. The molecule has 12 heavy (non-hydrogen) atoms. The first-order valence-corrected chi connectivity index (χ1v) is 4.33. The van der Waals surface area contributed by atoms with Gasteiger partial charge < -0.3 is 9.84 Å². The lowest BCUT2D eigenvalue weighted by Crippen LogP contribution is -2.28. The zero-order valence-corrected chi connectivity index (χ0v) is 8.10. The molecule has 0 saturated carbocycles. The van der Waals surface area contributed by atoms with Crippen molar-refractivity contribution < 1.29 is 19.4 Å². The van der Waals surface area contributed by atoms with E-state index < -0.39 is 16.7 Å². The van der Waals surface area contributed by atoms with Gasteiger partial charge in [-0.2, -0.15) is 0 Å². The van der Waals surface area contributed by atoms with Crippen molar-refractivity contribution >= 4 is 23.7 Å². The molecule has 0 atom stereocenters. The van der Waals surface area contributed by atoms with Gasteiger partial charge >= 0.3 is 11.9 Å². The fraction of sp³-hybridized carbons (Fsp3) is 0.714. The molecule has 0 radical (unpaired) electrons. The number of carboxylic acids is 1. The molecule has 4 nitrogen and oxygen atoms in total. The third-order valence-electron chi connectivity index (χ3n) is 1.29. The summed E-state index contributed by atoms with van der Waals surface area (Å²) in [7, 11) is 1.27. The van der Waals surface area contributed by atoms with Crippen LogP contribution in [-0.2, 0) is 14.3 Å². The number of methoxy groups -OCH3 is 1.